The van der Waals surface area contributed by atoms with Gasteiger partial charge in [-0.25, -0.2) is 0 Å². The fourth-order valence-electron chi connectivity index (χ4n) is 2.59. The molecule has 0 saturated heterocycles. The van der Waals surface area contributed by atoms with Gasteiger partial charge in [-0.2, -0.15) is 0 Å². The highest BCUT2D eigenvalue weighted by Gasteiger charge is 2.14. The third-order valence-electron chi connectivity index (χ3n) is 3.73. The molecule has 0 atom stereocenters. The molecule has 1 aliphatic rings. The molecule has 0 radical (unpaired) electrons. The van der Waals surface area contributed by atoms with Gasteiger partial charge in [-0.1, -0.05) is 25.8 Å². The zero-order valence-electron chi connectivity index (χ0n) is 11.7. The van der Waals surface area contributed by atoms with Crippen molar-refractivity contribution in [2.45, 2.75) is 39.0 Å². The minimum absolute atomic E-state index is 0.0198. The van der Waals surface area contributed by atoms with Gasteiger partial charge < -0.3 is 10.6 Å². The number of amides is 1. The topological polar surface area (TPSA) is 41.1 Å². The minimum Gasteiger partial charge on any atom is -0.385 e. The molecule has 104 valence electrons. The van der Waals surface area contributed by atoms with Gasteiger partial charge >= 0.3 is 0 Å². The highest BCUT2D eigenvalue weighted by Crippen LogP contribution is 2.25. The van der Waals surface area contributed by atoms with Crippen molar-refractivity contribution >= 4 is 11.6 Å². The molecule has 0 unspecified atom stereocenters. The molecule has 1 aliphatic carbocycles. The molecule has 3 heteroatoms. The normalized spacial score (nSPS) is 15.4. The first-order valence-corrected chi connectivity index (χ1v) is 7.41. The number of hydrogen-bond acceptors (Lipinski definition) is 2. The van der Waals surface area contributed by atoms with Crippen LogP contribution in [0.2, 0.25) is 0 Å². The number of benzene rings is 1. The van der Waals surface area contributed by atoms with Crippen molar-refractivity contribution in [3.8, 4) is 0 Å². The third-order valence-corrected chi connectivity index (χ3v) is 3.73. The minimum atomic E-state index is 0.0198. The highest BCUT2D eigenvalue weighted by atomic mass is 16.1. The standard InChI is InChI=1S/C16H24N2O/c1-2-10-17-16(19)14-8-5-9-15(11-14)18-12-13-6-3-4-7-13/h5,8-9,11,13,18H,2-4,6-7,10,12H2,1H3,(H,17,19). The van der Waals surface area contributed by atoms with Crippen LogP contribution in [0.4, 0.5) is 5.69 Å². The summed E-state index contributed by atoms with van der Waals surface area (Å²) in [6.07, 6.45) is 6.37. The number of hydrogen-bond donors (Lipinski definition) is 2. The second kappa shape index (κ2) is 7.17. The quantitative estimate of drug-likeness (QED) is 0.822. The Morgan fingerprint density at radius 2 is 2.11 bits per heavy atom. The Morgan fingerprint density at radius 3 is 2.84 bits per heavy atom. The first kappa shape index (κ1) is 13.9. The lowest BCUT2D eigenvalue weighted by molar-refractivity contribution is 0.0953. The molecule has 1 aromatic carbocycles. The lowest BCUT2D eigenvalue weighted by Gasteiger charge is -2.12. The molecule has 0 aromatic heterocycles. The van der Waals surface area contributed by atoms with Gasteiger partial charge in [0.2, 0.25) is 0 Å². The van der Waals surface area contributed by atoms with E-state index in [-0.39, 0.29) is 5.91 Å². The summed E-state index contributed by atoms with van der Waals surface area (Å²) in [5.41, 5.74) is 1.79. The van der Waals surface area contributed by atoms with Crippen molar-refractivity contribution in [1.82, 2.24) is 5.32 Å². The largest absolute Gasteiger partial charge is 0.385 e. The summed E-state index contributed by atoms with van der Waals surface area (Å²) < 4.78 is 0. The number of anilines is 1. The fraction of sp³-hybridized carbons (Fsp3) is 0.562. The van der Waals surface area contributed by atoms with Crippen LogP contribution < -0.4 is 10.6 Å². The Labute approximate surface area is 115 Å². The molecule has 2 N–H and O–H groups in total. The first-order valence-electron chi connectivity index (χ1n) is 7.41. The van der Waals surface area contributed by atoms with Crippen LogP contribution in [-0.4, -0.2) is 19.0 Å². The van der Waals surface area contributed by atoms with E-state index in [0.29, 0.717) is 0 Å². The zero-order chi connectivity index (χ0) is 13.5. The monoisotopic (exact) mass is 260 g/mol. The molecule has 1 saturated carbocycles. The van der Waals surface area contributed by atoms with Crippen LogP contribution in [0.25, 0.3) is 0 Å². The summed E-state index contributed by atoms with van der Waals surface area (Å²) in [4.78, 5) is 11.9. The molecule has 19 heavy (non-hydrogen) atoms. The predicted octanol–water partition coefficient (Wildman–Crippen LogP) is 3.43. The number of carbonyl (C=O) groups excluding carboxylic acids is 1. The predicted molar refractivity (Wildman–Crippen MR) is 79.5 cm³/mol. The van der Waals surface area contributed by atoms with Gasteiger partial charge in [-0.15, -0.1) is 0 Å². The van der Waals surface area contributed by atoms with Gasteiger partial charge in [0.25, 0.3) is 5.91 Å². The van der Waals surface area contributed by atoms with E-state index in [9.17, 15) is 4.79 Å². The number of carbonyl (C=O) groups is 1. The zero-order valence-corrected chi connectivity index (χ0v) is 11.7. The van der Waals surface area contributed by atoms with Gasteiger partial charge in [0.15, 0.2) is 0 Å². The molecular formula is C16H24N2O. The molecule has 1 amide bonds. The summed E-state index contributed by atoms with van der Waals surface area (Å²) in [7, 11) is 0. The molecule has 1 aromatic rings. The maximum Gasteiger partial charge on any atom is 0.251 e. The average molecular weight is 260 g/mol. The molecule has 3 nitrogen and oxygen atoms in total. The average Bonchev–Trinajstić information content (AvgIpc) is 2.96. The summed E-state index contributed by atoms with van der Waals surface area (Å²) in [5.74, 6) is 0.823. The van der Waals surface area contributed by atoms with Crippen molar-refractivity contribution in [2.24, 2.45) is 5.92 Å². The maximum absolute atomic E-state index is 11.9. The highest BCUT2D eigenvalue weighted by molar-refractivity contribution is 5.95. The van der Waals surface area contributed by atoms with Crippen molar-refractivity contribution < 1.29 is 4.79 Å². The Balaban J connectivity index is 1.88. The molecular weight excluding hydrogens is 236 g/mol. The summed E-state index contributed by atoms with van der Waals surface area (Å²) in [5, 5.41) is 6.36. The van der Waals surface area contributed by atoms with Crippen molar-refractivity contribution in [2.75, 3.05) is 18.4 Å². The maximum atomic E-state index is 11.9. The van der Waals surface area contributed by atoms with Gasteiger partial charge in [0.1, 0.15) is 0 Å². The van der Waals surface area contributed by atoms with Crippen LogP contribution >= 0.6 is 0 Å². The Hall–Kier alpha value is -1.51. The molecule has 0 spiro atoms. The van der Waals surface area contributed by atoms with Crippen molar-refractivity contribution in [1.29, 1.82) is 0 Å². The van der Waals surface area contributed by atoms with E-state index in [4.69, 9.17) is 0 Å². The number of nitrogens with one attached hydrogen (secondary N) is 2. The van der Waals surface area contributed by atoms with E-state index in [1.165, 1.54) is 25.7 Å². The van der Waals surface area contributed by atoms with Crippen LogP contribution in [0.5, 0.6) is 0 Å². The second-order valence-corrected chi connectivity index (χ2v) is 5.37. The van der Waals surface area contributed by atoms with Crippen LogP contribution in [0, 0.1) is 5.92 Å². The van der Waals surface area contributed by atoms with Crippen LogP contribution in [0.15, 0.2) is 24.3 Å². The molecule has 0 heterocycles. The Bertz CT molecular complexity index is 411. The van der Waals surface area contributed by atoms with E-state index in [0.717, 1.165) is 36.7 Å². The Kier molecular flexibility index (Phi) is 5.25. The third kappa shape index (κ3) is 4.27. The molecule has 0 aliphatic heterocycles. The van der Waals surface area contributed by atoms with Crippen molar-refractivity contribution in [3.05, 3.63) is 29.8 Å². The van der Waals surface area contributed by atoms with E-state index in [1.54, 1.807) is 0 Å². The summed E-state index contributed by atoms with van der Waals surface area (Å²) in [6, 6.07) is 7.79. The summed E-state index contributed by atoms with van der Waals surface area (Å²) >= 11 is 0. The SMILES string of the molecule is CCCNC(=O)c1cccc(NCC2CCCC2)c1. The number of rotatable bonds is 6. The van der Waals surface area contributed by atoms with Gasteiger partial charge in [0.05, 0.1) is 0 Å². The first-order chi connectivity index (χ1) is 9.29. The fourth-order valence-corrected chi connectivity index (χ4v) is 2.59. The van der Waals surface area contributed by atoms with Crippen LogP contribution in [0.3, 0.4) is 0 Å². The van der Waals surface area contributed by atoms with E-state index >= 15 is 0 Å². The van der Waals surface area contributed by atoms with E-state index in [2.05, 4.69) is 17.6 Å². The molecule has 1 fully saturated rings. The van der Waals surface area contributed by atoms with Gasteiger partial charge in [0, 0.05) is 24.3 Å². The van der Waals surface area contributed by atoms with Crippen LogP contribution in [0.1, 0.15) is 49.4 Å². The van der Waals surface area contributed by atoms with E-state index in [1.807, 2.05) is 24.3 Å². The van der Waals surface area contributed by atoms with E-state index < -0.39 is 0 Å². The lowest BCUT2D eigenvalue weighted by atomic mass is 10.1. The van der Waals surface area contributed by atoms with Gasteiger partial charge in [-0.05, 0) is 43.4 Å². The lowest BCUT2D eigenvalue weighted by Crippen LogP contribution is -2.24. The van der Waals surface area contributed by atoms with Crippen LogP contribution in [-0.2, 0) is 0 Å². The molecule has 0 bridgehead atoms. The second-order valence-electron chi connectivity index (χ2n) is 5.37. The van der Waals surface area contributed by atoms with Gasteiger partial charge in [-0.3, -0.25) is 4.79 Å². The molecule has 2 rings (SSSR count). The Morgan fingerprint density at radius 1 is 1.32 bits per heavy atom. The smallest absolute Gasteiger partial charge is 0.251 e. The summed E-state index contributed by atoms with van der Waals surface area (Å²) in [6.45, 7) is 3.82. The van der Waals surface area contributed by atoms with Crippen molar-refractivity contribution in [3.63, 3.8) is 0 Å².